The zero-order valence-electron chi connectivity index (χ0n) is 13.6. The molecule has 0 aliphatic carbocycles. The van der Waals surface area contributed by atoms with E-state index in [9.17, 15) is 0 Å². The van der Waals surface area contributed by atoms with E-state index >= 15 is 0 Å². The van der Waals surface area contributed by atoms with Gasteiger partial charge in [-0.05, 0) is 6.92 Å². The Morgan fingerprint density at radius 3 is 2.57 bits per heavy atom. The van der Waals surface area contributed by atoms with Crippen molar-refractivity contribution in [1.82, 2.24) is 19.6 Å². The minimum Gasteiger partial charge on any atom is -0.357 e. The molecule has 0 radical (unpaired) electrons. The summed E-state index contributed by atoms with van der Waals surface area (Å²) in [6.07, 6.45) is 0.885. The zero-order chi connectivity index (χ0) is 15.9. The van der Waals surface area contributed by atoms with Gasteiger partial charge in [0.15, 0.2) is 5.96 Å². The fourth-order valence-corrected chi connectivity index (χ4v) is 3.07. The number of nitrogens with one attached hydrogen (secondary N) is 1. The number of aryl methyl sites for hydroxylation is 1. The molecule has 0 aromatic carbocycles. The van der Waals surface area contributed by atoms with Gasteiger partial charge >= 0.3 is 0 Å². The second-order valence-electron chi connectivity index (χ2n) is 5.01. The van der Waals surface area contributed by atoms with Crippen molar-refractivity contribution < 1.29 is 0 Å². The van der Waals surface area contributed by atoms with E-state index in [-0.39, 0.29) is 24.0 Å². The number of rotatable bonds is 5. The van der Waals surface area contributed by atoms with Gasteiger partial charge in [0.2, 0.25) is 5.13 Å². The van der Waals surface area contributed by atoms with E-state index in [2.05, 4.69) is 49.9 Å². The maximum absolute atomic E-state index is 5.81. The van der Waals surface area contributed by atoms with Crippen molar-refractivity contribution >= 4 is 58.2 Å². The average molecular weight is 471 g/mol. The van der Waals surface area contributed by atoms with Crippen molar-refractivity contribution in [2.45, 2.75) is 20.3 Å². The molecule has 0 amide bonds. The minimum absolute atomic E-state index is 0. The smallest absolute Gasteiger partial charge is 0.205 e. The molecule has 130 valence electrons. The summed E-state index contributed by atoms with van der Waals surface area (Å²) in [5.41, 5.74) is 0. The molecular formula is C14H24ClIN6S. The van der Waals surface area contributed by atoms with Gasteiger partial charge in [-0.1, -0.05) is 25.1 Å². The zero-order valence-corrected chi connectivity index (χ0v) is 17.5. The Morgan fingerprint density at radius 1 is 1.35 bits per heavy atom. The summed E-state index contributed by atoms with van der Waals surface area (Å²) in [5, 5.41) is 4.88. The largest absolute Gasteiger partial charge is 0.357 e. The van der Waals surface area contributed by atoms with Crippen LogP contribution >= 0.6 is 47.1 Å². The normalized spacial score (nSPS) is 15.3. The van der Waals surface area contributed by atoms with Crippen molar-refractivity contribution in [3.8, 4) is 0 Å². The number of hydrogen-bond donors (Lipinski definition) is 1. The van der Waals surface area contributed by atoms with E-state index in [1.807, 2.05) is 0 Å². The highest BCUT2D eigenvalue weighted by Gasteiger charge is 2.21. The Morgan fingerprint density at radius 2 is 2.04 bits per heavy atom. The van der Waals surface area contributed by atoms with Gasteiger partial charge in [-0.2, -0.15) is 4.37 Å². The number of guanidine groups is 1. The van der Waals surface area contributed by atoms with Crippen LogP contribution in [-0.2, 0) is 6.42 Å². The fraction of sp³-hybridized carbons (Fsp3) is 0.643. The molecule has 1 aromatic rings. The lowest BCUT2D eigenvalue weighted by molar-refractivity contribution is 0.373. The van der Waals surface area contributed by atoms with Crippen LogP contribution in [0.4, 0.5) is 5.13 Å². The predicted octanol–water partition coefficient (Wildman–Crippen LogP) is 2.56. The number of anilines is 1. The van der Waals surface area contributed by atoms with E-state index < -0.39 is 0 Å². The molecule has 1 N–H and O–H groups in total. The SMILES string of the molecule is C=C(Cl)CN=C(NCC)N1CCN(c2nc(CC)ns2)CC1.I. The molecule has 1 fully saturated rings. The summed E-state index contributed by atoms with van der Waals surface area (Å²) in [7, 11) is 0. The first-order valence-electron chi connectivity index (χ1n) is 7.58. The minimum atomic E-state index is 0. The molecule has 0 atom stereocenters. The molecule has 0 saturated carbocycles. The van der Waals surface area contributed by atoms with Crippen molar-refractivity contribution in [3.63, 3.8) is 0 Å². The van der Waals surface area contributed by atoms with Crippen LogP contribution in [0.3, 0.4) is 0 Å². The van der Waals surface area contributed by atoms with Gasteiger partial charge in [0.1, 0.15) is 5.82 Å². The summed E-state index contributed by atoms with van der Waals surface area (Å²) in [4.78, 5) is 13.6. The third kappa shape index (κ3) is 6.07. The number of hydrogen-bond acceptors (Lipinski definition) is 5. The Labute approximate surface area is 164 Å². The molecule has 2 rings (SSSR count). The molecule has 0 spiro atoms. The quantitative estimate of drug-likeness (QED) is 0.407. The van der Waals surface area contributed by atoms with Crippen molar-refractivity contribution in [3.05, 3.63) is 17.4 Å². The predicted molar refractivity (Wildman–Crippen MR) is 109 cm³/mol. The standard InChI is InChI=1S/C14H23ClN6S.HI/c1-4-12-18-14(22-19-12)21-8-6-20(7-9-21)13(16-5-2)17-10-11(3)15;/h3-10H2,1-2H3,(H,16,17);1H. The van der Waals surface area contributed by atoms with Crippen molar-refractivity contribution in [2.75, 3.05) is 44.2 Å². The van der Waals surface area contributed by atoms with Crippen LogP contribution in [0.1, 0.15) is 19.7 Å². The van der Waals surface area contributed by atoms with Gasteiger partial charge in [0.25, 0.3) is 0 Å². The van der Waals surface area contributed by atoms with E-state index in [1.165, 1.54) is 11.5 Å². The molecule has 2 heterocycles. The van der Waals surface area contributed by atoms with Gasteiger partial charge in [-0.3, -0.25) is 0 Å². The maximum Gasteiger partial charge on any atom is 0.205 e. The molecule has 6 nitrogen and oxygen atoms in total. The lowest BCUT2D eigenvalue weighted by Crippen LogP contribution is -2.52. The highest BCUT2D eigenvalue weighted by molar-refractivity contribution is 14.0. The lowest BCUT2D eigenvalue weighted by atomic mass is 10.3. The van der Waals surface area contributed by atoms with Gasteiger partial charge in [-0.25, -0.2) is 9.98 Å². The Hall–Kier alpha value is -0.610. The molecule has 1 saturated heterocycles. The molecule has 1 aliphatic heterocycles. The average Bonchev–Trinajstić information content (AvgIpc) is 3.00. The summed E-state index contributed by atoms with van der Waals surface area (Å²) in [6, 6.07) is 0. The van der Waals surface area contributed by atoms with E-state index in [0.29, 0.717) is 11.6 Å². The van der Waals surface area contributed by atoms with Crippen LogP contribution in [0.25, 0.3) is 0 Å². The Bertz CT molecular complexity index is 527. The highest BCUT2D eigenvalue weighted by atomic mass is 127. The monoisotopic (exact) mass is 470 g/mol. The lowest BCUT2D eigenvalue weighted by Gasteiger charge is -2.36. The first-order valence-corrected chi connectivity index (χ1v) is 8.73. The van der Waals surface area contributed by atoms with Gasteiger partial charge in [-0.15, -0.1) is 24.0 Å². The molecule has 1 aliphatic rings. The number of nitrogens with zero attached hydrogens (tertiary/aromatic N) is 5. The highest BCUT2D eigenvalue weighted by Crippen LogP contribution is 2.19. The Balaban J connectivity index is 0.00000264. The van der Waals surface area contributed by atoms with E-state index in [4.69, 9.17) is 11.6 Å². The molecule has 0 bridgehead atoms. The van der Waals surface area contributed by atoms with Gasteiger partial charge < -0.3 is 15.1 Å². The Kier molecular flexibility index (Phi) is 9.15. The number of aliphatic imine (C=N–C) groups is 1. The second-order valence-corrected chi connectivity index (χ2v) is 6.27. The third-order valence-electron chi connectivity index (χ3n) is 3.36. The van der Waals surface area contributed by atoms with Crippen LogP contribution in [0, 0.1) is 0 Å². The maximum atomic E-state index is 5.81. The van der Waals surface area contributed by atoms with Crippen LogP contribution in [0.2, 0.25) is 0 Å². The molecule has 1 aromatic heterocycles. The van der Waals surface area contributed by atoms with E-state index in [0.717, 1.165) is 56.1 Å². The second kappa shape index (κ2) is 10.3. The molecular weight excluding hydrogens is 447 g/mol. The van der Waals surface area contributed by atoms with Crippen molar-refractivity contribution in [1.29, 1.82) is 0 Å². The van der Waals surface area contributed by atoms with Crippen LogP contribution < -0.4 is 10.2 Å². The van der Waals surface area contributed by atoms with Crippen LogP contribution in [-0.4, -0.2) is 59.5 Å². The van der Waals surface area contributed by atoms with Gasteiger partial charge in [0, 0.05) is 55.7 Å². The number of piperazine rings is 1. The first-order chi connectivity index (χ1) is 10.6. The summed E-state index contributed by atoms with van der Waals surface area (Å²) < 4.78 is 4.36. The third-order valence-corrected chi connectivity index (χ3v) is 4.29. The molecule has 9 heteroatoms. The number of halogens is 2. The summed E-state index contributed by atoms with van der Waals surface area (Å²) in [5.74, 6) is 1.83. The topological polar surface area (TPSA) is 56.7 Å². The van der Waals surface area contributed by atoms with Crippen molar-refractivity contribution in [2.24, 2.45) is 4.99 Å². The molecule has 23 heavy (non-hydrogen) atoms. The van der Waals surface area contributed by atoms with Crippen LogP contribution in [0.15, 0.2) is 16.6 Å². The summed E-state index contributed by atoms with van der Waals surface area (Å²) >= 11 is 7.30. The van der Waals surface area contributed by atoms with Gasteiger partial charge in [0.05, 0.1) is 6.54 Å². The first kappa shape index (κ1) is 20.4. The fourth-order valence-electron chi connectivity index (χ4n) is 2.21. The van der Waals surface area contributed by atoms with E-state index in [1.54, 1.807) is 0 Å². The number of aromatic nitrogens is 2. The molecule has 0 unspecified atom stereocenters. The summed E-state index contributed by atoms with van der Waals surface area (Å²) in [6.45, 7) is 12.8. The van der Waals surface area contributed by atoms with Crippen LogP contribution in [0.5, 0.6) is 0 Å².